The lowest BCUT2D eigenvalue weighted by Crippen LogP contribution is -2.30. The van der Waals surface area contributed by atoms with Gasteiger partial charge in [-0.1, -0.05) is 231 Å². The van der Waals surface area contributed by atoms with Gasteiger partial charge in [-0.05, 0) is 70.6 Å². The number of carbonyl (C=O) groups excluding carboxylic acids is 3. The fraction of sp³-hybridized carbons (Fsp3) is 0.875. The Labute approximate surface area is 385 Å². The molecule has 0 unspecified atom stereocenters. The molecule has 0 aromatic rings. The van der Waals surface area contributed by atoms with Crippen LogP contribution >= 0.6 is 0 Å². The molecular formula is C56H104O6. The first-order chi connectivity index (χ1) is 30.5. The number of rotatable bonds is 50. The normalized spacial score (nSPS) is 12.1. The predicted molar refractivity (Wildman–Crippen MR) is 266 cm³/mol. The first kappa shape index (κ1) is 59.9. The Kier molecular flexibility index (Phi) is 49.8. The van der Waals surface area contributed by atoms with E-state index >= 15 is 0 Å². The van der Waals surface area contributed by atoms with Gasteiger partial charge in [-0.2, -0.15) is 0 Å². The first-order valence-electron chi connectivity index (χ1n) is 27.3. The summed E-state index contributed by atoms with van der Waals surface area (Å²) in [6.07, 6.45) is 58.7. The monoisotopic (exact) mass is 873 g/mol. The zero-order valence-corrected chi connectivity index (χ0v) is 41.7. The van der Waals surface area contributed by atoms with E-state index in [-0.39, 0.29) is 31.1 Å². The third kappa shape index (κ3) is 48.9. The van der Waals surface area contributed by atoms with E-state index in [4.69, 9.17) is 14.2 Å². The Morgan fingerprint density at radius 3 is 0.823 bits per heavy atom. The quantitative estimate of drug-likeness (QED) is 0.0262. The van der Waals surface area contributed by atoms with Crippen LogP contribution in [0.15, 0.2) is 24.3 Å². The van der Waals surface area contributed by atoms with Crippen LogP contribution in [-0.4, -0.2) is 37.2 Å². The van der Waals surface area contributed by atoms with Crippen molar-refractivity contribution in [1.29, 1.82) is 0 Å². The lowest BCUT2D eigenvalue weighted by Gasteiger charge is -2.18. The molecule has 0 N–H and O–H groups in total. The summed E-state index contributed by atoms with van der Waals surface area (Å²) in [4.78, 5) is 38.0. The van der Waals surface area contributed by atoms with Crippen molar-refractivity contribution in [3.8, 4) is 0 Å². The third-order valence-electron chi connectivity index (χ3n) is 12.2. The molecule has 0 radical (unpaired) electrons. The summed E-state index contributed by atoms with van der Waals surface area (Å²) in [6.45, 7) is 6.64. The molecule has 0 heterocycles. The van der Waals surface area contributed by atoms with Crippen molar-refractivity contribution < 1.29 is 28.6 Å². The lowest BCUT2D eigenvalue weighted by molar-refractivity contribution is -0.167. The number of hydrogen-bond acceptors (Lipinski definition) is 6. The van der Waals surface area contributed by atoms with Crippen LogP contribution in [-0.2, 0) is 28.6 Å². The topological polar surface area (TPSA) is 78.9 Å². The summed E-state index contributed by atoms with van der Waals surface area (Å²) in [5, 5.41) is 0. The number of carbonyl (C=O) groups is 3. The largest absolute Gasteiger partial charge is 0.462 e. The van der Waals surface area contributed by atoms with Crippen LogP contribution in [0.2, 0.25) is 0 Å². The van der Waals surface area contributed by atoms with E-state index in [9.17, 15) is 14.4 Å². The minimum absolute atomic E-state index is 0.0722. The molecule has 6 heteroatoms. The van der Waals surface area contributed by atoms with E-state index in [1.807, 2.05) is 0 Å². The lowest BCUT2D eigenvalue weighted by atomic mass is 10.0. The van der Waals surface area contributed by atoms with Crippen LogP contribution in [0.3, 0.4) is 0 Å². The second-order valence-electron chi connectivity index (χ2n) is 18.5. The number of hydrogen-bond donors (Lipinski definition) is 0. The second kappa shape index (κ2) is 51.5. The maximum absolute atomic E-state index is 12.8. The maximum Gasteiger partial charge on any atom is 0.306 e. The van der Waals surface area contributed by atoms with Crippen LogP contribution < -0.4 is 0 Å². The Bertz CT molecular complexity index is 1000. The zero-order valence-electron chi connectivity index (χ0n) is 41.7. The van der Waals surface area contributed by atoms with Gasteiger partial charge in [0.2, 0.25) is 0 Å². The molecule has 0 saturated carbocycles. The summed E-state index contributed by atoms with van der Waals surface area (Å²) in [5.41, 5.74) is 0. The van der Waals surface area contributed by atoms with Gasteiger partial charge in [-0.25, -0.2) is 0 Å². The average Bonchev–Trinajstić information content (AvgIpc) is 3.27. The van der Waals surface area contributed by atoms with Crippen LogP contribution in [0.25, 0.3) is 0 Å². The number of esters is 3. The molecule has 1 atom stereocenters. The molecule has 0 rings (SSSR count). The molecule has 0 amide bonds. The van der Waals surface area contributed by atoms with Gasteiger partial charge in [-0.3, -0.25) is 14.4 Å². The molecule has 0 fully saturated rings. The number of ether oxygens (including phenoxy) is 3. The molecule has 62 heavy (non-hydrogen) atoms. The van der Waals surface area contributed by atoms with Crippen LogP contribution in [0.5, 0.6) is 0 Å². The van der Waals surface area contributed by atoms with E-state index in [2.05, 4.69) is 45.1 Å². The van der Waals surface area contributed by atoms with Gasteiger partial charge in [0.15, 0.2) is 6.10 Å². The first-order valence-corrected chi connectivity index (χ1v) is 27.3. The third-order valence-corrected chi connectivity index (χ3v) is 12.2. The highest BCUT2D eigenvalue weighted by molar-refractivity contribution is 5.71. The SMILES string of the molecule is CCCCCC/C=C/CCCCCCCCCC(=O)OC[C@@H](COC(=O)CCCCCCC/C=C/CCCCCCC)OC(=O)CCCCCCCCCCCCCCCCC. The number of allylic oxidation sites excluding steroid dienone is 4. The molecule has 0 bridgehead atoms. The highest BCUT2D eigenvalue weighted by Crippen LogP contribution is 2.16. The Balaban J connectivity index is 4.35. The molecule has 0 aromatic heterocycles. The molecule has 0 aliphatic heterocycles. The van der Waals surface area contributed by atoms with Crippen LogP contribution in [0, 0.1) is 0 Å². The molecule has 0 aliphatic rings. The van der Waals surface area contributed by atoms with E-state index in [1.165, 1.54) is 193 Å². The van der Waals surface area contributed by atoms with Crippen molar-refractivity contribution >= 4 is 17.9 Å². The fourth-order valence-corrected chi connectivity index (χ4v) is 8.02. The van der Waals surface area contributed by atoms with E-state index in [0.29, 0.717) is 19.3 Å². The smallest absolute Gasteiger partial charge is 0.306 e. The van der Waals surface area contributed by atoms with E-state index in [1.54, 1.807) is 0 Å². The molecule has 0 aliphatic carbocycles. The zero-order chi connectivity index (χ0) is 45.1. The number of unbranched alkanes of at least 4 members (excludes halogenated alkanes) is 35. The summed E-state index contributed by atoms with van der Waals surface area (Å²) >= 11 is 0. The molecule has 0 spiro atoms. The Morgan fingerprint density at radius 1 is 0.306 bits per heavy atom. The van der Waals surface area contributed by atoms with Gasteiger partial charge in [0.1, 0.15) is 13.2 Å². The van der Waals surface area contributed by atoms with Gasteiger partial charge in [0.05, 0.1) is 0 Å². The Hall–Kier alpha value is -2.11. The standard InChI is InChI=1S/C56H104O6/c1-4-7-10-13-16-19-22-25-28-31-34-37-40-43-46-49-55(58)61-52-53(51-60-54(57)48-45-42-39-36-33-30-27-24-21-18-15-12-9-6-3)62-56(59)50-47-44-41-38-35-32-29-26-23-20-17-14-11-8-5-2/h19,22,24,27,53H,4-18,20-21,23,25-26,28-52H2,1-3H3/b22-19+,27-24+/t53-/m1/s1. The van der Waals surface area contributed by atoms with Crippen molar-refractivity contribution in [2.75, 3.05) is 13.2 Å². The van der Waals surface area contributed by atoms with Crippen molar-refractivity contribution in [3.63, 3.8) is 0 Å². The summed E-state index contributed by atoms with van der Waals surface area (Å²) in [5.74, 6) is -0.868. The van der Waals surface area contributed by atoms with Crippen LogP contribution in [0.4, 0.5) is 0 Å². The summed E-state index contributed by atoms with van der Waals surface area (Å²) in [7, 11) is 0. The average molecular weight is 873 g/mol. The maximum atomic E-state index is 12.8. The van der Waals surface area contributed by atoms with E-state index < -0.39 is 6.10 Å². The van der Waals surface area contributed by atoms with Gasteiger partial charge in [0.25, 0.3) is 0 Å². The molecule has 364 valence electrons. The van der Waals surface area contributed by atoms with Gasteiger partial charge < -0.3 is 14.2 Å². The highest BCUT2D eigenvalue weighted by Gasteiger charge is 2.19. The molecular weight excluding hydrogens is 769 g/mol. The highest BCUT2D eigenvalue weighted by atomic mass is 16.6. The Morgan fingerprint density at radius 2 is 0.532 bits per heavy atom. The van der Waals surface area contributed by atoms with Crippen molar-refractivity contribution in [3.05, 3.63) is 24.3 Å². The minimum atomic E-state index is -0.771. The van der Waals surface area contributed by atoms with Gasteiger partial charge in [-0.15, -0.1) is 0 Å². The van der Waals surface area contributed by atoms with E-state index in [0.717, 1.165) is 64.2 Å². The van der Waals surface area contributed by atoms with Gasteiger partial charge >= 0.3 is 17.9 Å². The molecule has 0 aromatic carbocycles. The fourth-order valence-electron chi connectivity index (χ4n) is 8.02. The second-order valence-corrected chi connectivity index (χ2v) is 18.5. The predicted octanol–water partition coefficient (Wildman–Crippen LogP) is 17.9. The van der Waals surface area contributed by atoms with Crippen molar-refractivity contribution in [2.24, 2.45) is 0 Å². The van der Waals surface area contributed by atoms with Crippen molar-refractivity contribution in [2.45, 2.75) is 303 Å². The van der Waals surface area contributed by atoms with Crippen LogP contribution in [0.1, 0.15) is 297 Å². The summed E-state index contributed by atoms with van der Waals surface area (Å²) < 4.78 is 16.8. The minimum Gasteiger partial charge on any atom is -0.462 e. The van der Waals surface area contributed by atoms with Gasteiger partial charge in [0, 0.05) is 19.3 Å². The summed E-state index contributed by atoms with van der Waals surface area (Å²) in [6, 6.07) is 0. The molecule has 6 nitrogen and oxygen atoms in total. The molecule has 0 saturated heterocycles. The van der Waals surface area contributed by atoms with Crippen molar-refractivity contribution in [1.82, 2.24) is 0 Å².